The molecule has 0 bridgehead atoms. The quantitative estimate of drug-likeness (QED) is 0.746. The molecule has 0 saturated carbocycles. The maximum Gasteiger partial charge on any atom is 0.407 e. The SMILES string of the molecule is COc1ccc2ncc(=O)n(CCN3CCC(NC(=O)OC(C)(C)C)C(OC)C3)c2c1. The molecule has 1 amide bonds. The number of methoxy groups -OCH3 is 2. The summed E-state index contributed by atoms with van der Waals surface area (Å²) in [6, 6.07) is 5.39. The van der Waals surface area contributed by atoms with Gasteiger partial charge in [0.25, 0.3) is 5.56 Å². The van der Waals surface area contributed by atoms with Gasteiger partial charge in [-0.05, 0) is 39.3 Å². The number of fused-ring (bicyclic) bond motifs is 1. The van der Waals surface area contributed by atoms with Gasteiger partial charge in [-0.1, -0.05) is 0 Å². The summed E-state index contributed by atoms with van der Waals surface area (Å²) in [5.74, 6) is 0.683. The average molecular weight is 433 g/mol. The summed E-state index contributed by atoms with van der Waals surface area (Å²) in [6.07, 6.45) is 1.49. The normalized spacial score (nSPS) is 19.9. The number of aromatic nitrogens is 2. The van der Waals surface area contributed by atoms with E-state index in [-0.39, 0.29) is 17.7 Å². The number of likely N-dealkylation sites (tertiary alicyclic amines) is 1. The smallest absolute Gasteiger partial charge is 0.407 e. The molecular weight excluding hydrogens is 400 g/mol. The topological polar surface area (TPSA) is 94.9 Å². The van der Waals surface area contributed by atoms with E-state index in [0.717, 1.165) is 24.0 Å². The highest BCUT2D eigenvalue weighted by atomic mass is 16.6. The van der Waals surface area contributed by atoms with Crippen molar-refractivity contribution in [1.82, 2.24) is 19.8 Å². The third-order valence-corrected chi connectivity index (χ3v) is 5.34. The first-order chi connectivity index (χ1) is 14.7. The average Bonchev–Trinajstić information content (AvgIpc) is 2.72. The maximum absolute atomic E-state index is 12.5. The van der Waals surface area contributed by atoms with Crippen LogP contribution < -0.4 is 15.6 Å². The second kappa shape index (κ2) is 9.65. The monoisotopic (exact) mass is 432 g/mol. The van der Waals surface area contributed by atoms with Crippen molar-refractivity contribution >= 4 is 17.1 Å². The van der Waals surface area contributed by atoms with E-state index in [9.17, 15) is 9.59 Å². The molecule has 2 heterocycles. The van der Waals surface area contributed by atoms with E-state index in [0.29, 0.717) is 25.4 Å². The van der Waals surface area contributed by atoms with E-state index in [4.69, 9.17) is 14.2 Å². The summed E-state index contributed by atoms with van der Waals surface area (Å²) in [6.45, 7) is 8.14. The molecule has 1 saturated heterocycles. The fraction of sp³-hybridized carbons (Fsp3) is 0.591. The van der Waals surface area contributed by atoms with Crippen molar-refractivity contribution in [2.75, 3.05) is 33.9 Å². The number of benzene rings is 1. The second-order valence-corrected chi connectivity index (χ2v) is 8.72. The molecule has 170 valence electrons. The Kier molecular flexibility index (Phi) is 7.17. The predicted octanol–water partition coefficient (Wildman–Crippen LogP) is 2.02. The second-order valence-electron chi connectivity index (χ2n) is 8.72. The minimum Gasteiger partial charge on any atom is -0.497 e. The molecule has 1 aromatic carbocycles. The molecule has 9 nitrogen and oxygen atoms in total. The predicted molar refractivity (Wildman–Crippen MR) is 118 cm³/mol. The lowest BCUT2D eigenvalue weighted by atomic mass is 10.0. The summed E-state index contributed by atoms with van der Waals surface area (Å²) >= 11 is 0. The van der Waals surface area contributed by atoms with E-state index in [2.05, 4.69) is 15.2 Å². The molecule has 1 N–H and O–H groups in total. The van der Waals surface area contributed by atoms with Crippen LogP contribution in [0, 0.1) is 0 Å². The Morgan fingerprint density at radius 3 is 2.71 bits per heavy atom. The third-order valence-electron chi connectivity index (χ3n) is 5.34. The number of carbonyl (C=O) groups is 1. The number of carbonyl (C=O) groups excluding carboxylic acids is 1. The molecule has 0 aliphatic carbocycles. The van der Waals surface area contributed by atoms with Gasteiger partial charge in [0.05, 0.1) is 36.5 Å². The van der Waals surface area contributed by atoms with Crippen LogP contribution in [0.15, 0.2) is 29.2 Å². The summed E-state index contributed by atoms with van der Waals surface area (Å²) in [5, 5.41) is 2.93. The highest BCUT2D eigenvalue weighted by Gasteiger charge is 2.31. The lowest BCUT2D eigenvalue weighted by Gasteiger charge is -2.38. The Hall–Kier alpha value is -2.65. The number of amides is 1. The molecule has 9 heteroatoms. The van der Waals surface area contributed by atoms with Crippen LogP contribution in [0.5, 0.6) is 5.75 Å². The fourth-order valence-corrected chi connectivity index (χ4v) is 3.79. The van der Waals surface area contributed by atoms with E-state index in [1.807, 2.05) is 39.0 Å². The van der Waals surface area contributed by atoms with Crippen molar-refractivity contribution in [2.45, 2.75) is 51.5 Å². The molecule has 0 spiro atoms. The molecule has 2 aromatic rings. The van der Waals surface area contributed by atoms with E-state index < -0.39 is 11.7 Å². The fourth-order valence-electron chi connectivity index (χ4n) is 3.79. The van der Waals surface area contributed by atoms with E-state index >= 15 is 0 Å². The van der Waals surface area contributed by atoms with E-state index in [1.165, 1.54) is 6.20 Å². The molecule has 31 heavy (non-hydrogen) atoms. The number of hydrogen-bond acceptors (Lipinski definition) is 7. The van der Waals surface area contributed by atoms with Crippen molar-refractivity contribution < 1.29 is 19.0 Å². The number of piperidine rings is 1. The van der Waals surface area contributed by atoms with Crippen molar-refractivity contribution in [3.8, 4) is 5.75 Å². The standard InChI is InChI=1S/C22H32N4O5/c1-22(2,3)31-21(28)24-17-8-9-25(14-19(17)30-5)10-11-26-18-12-15(29-4)6-7-16(18)23-13-20(26)27/h6-7,12-13,17,19H,8-11,14H2,1-5H3,(H,24,28). The molecule has 1 aliphatic rings. The van der Waals surface area contributed by atoms with E-state index in [1.54, 1.807) is 18.8 Å². The van der Waals surface area contributed by atoms with Gasteiger partial charge in [0, 0.05) is 39.4 Å². The molecule has 2 atom stereocenters. The lowest BCUT2D eigenvalue weighted by molar-refractivity contribution is -0.00306. The van der Waals surface area contributed by atoms with Gasteiger partial charge >= 0.3 is 6.09 Å². The molecule has 3 rings (SSSR count). The first kappa shape index (κ1) is 23.0. The van der Waals surface area contributed by atoms with Crippen LogP contribution in [0.4, 0.5) is 4.79 Å². The molecule has 2 unspecified atom stereocenters. The zero-order chi connectivity index (χ0) is 22.6. The van der Waals surface area contributed by atoms with Crippen LogP contribution in [0.1, 0.15) is 27.2 Å². The van der Waals surface area contributed by atoms with Crippen LogP contribution in [0.3, 0.4) is 0 Å². The molecule has 1 fully saturated rings. The Balaban J connectivity index is 1.64. The van der Waals surface area contributed by atoms with Crippen LogP contribution >= 0.6 is 0 Å². The van der Waals surface area contributed by atoms with Crippen LogP contribution in [-0.4, -0.2) is 72.1 Å². The maximum atomic E-state index is 12.5. The zero-order valence-electron chi connectivity index (χ0n) is 18.9. The van der Waals surface area contributed by atoms with Gasteiger partial charge in [-0.15, -0.1) is 0 Å². The minimum atomic E-state index is -0.545. The lowest BCUT2D eigenvalue weighted by Crippen LogP contribution is -2.55. The Morgan fingerprint density at radius 1 is 1.26 bits per heavy atom. The molecule has 1 aliphatic heterocycles. The van der Waals surface area contributed by atoms with Gasteiger partial charge in [-0.3, -0.25) is 9.69 Å². The summed E-state index contributed by atoms with van der Waals surface area (Å²) in [5.41, 5.74) is 0.800. The van der Waals surface area contributed by atoms with Gasteiger partial charge in [-0.2, -0.15) is 0 Å². The van der Waals surface area contributed by atoms with Gasteiger partial charge in [-0.25, -0.2) is 9.78 Å². The number of nitrogens with one attached hydrogen (secondary N) is 1. The van der Waals surface area contributed by atoms with Crippen LogP contribution in [-0.2, 0) is 16.0 Å². The number of alkyl carbamates (subject to hydrolysis) is 1. The van der Waals surface area contributed by atoms with Crippen molar-refractivity contribution in [3.63, 3.8) is 0 Å². The van der Waals surface area contributed by atoms with Crippen molar-refractivity contribution in [1.29, 1.82) is 0 Å². The highest BCUT2D eigenvalue weighted by Crippen LogP contribution is 2.19. The van der Waals surface area contributed by atoms with Crippen LogP contribution in [0.25, 0.3) is 11.0 Å². The highest BCUT2D eigenvalue weighted by molar-refractivity contribution is 5.76. The summed E-state index contributed by atoms with van der Waals surface area (Å²) < 4.78 is 18.0. The molecular formula is C22H32N4O5. The number of ether oxygens (including phenoxy) is 3. The largest absolute Gasteiger partial charge is 0.497 e. The van der Waals surface area contributed by atoms with Gasteiger partial charge in [0.2, 0.25) is 0 Å². The Bertz CT molecular complexity index is 969. The zero-order valence-corrected chi connectivity index (χ0v) is 18.9. The summed E-state index contributed by atoms with van der Waals surface area (Å²) in [4.78, 5) is 31.1. The minimum absolute atomic E-state index is 0.121. The third kappa shape index (κ3) is 5.95. The van der Waals surface area contributed by atoms with Crippen molar-refractivity contribution in [3.05, 3.63) is 34.7 Å². The number of hydrogen-bond donors (Lipinski definition) is 1. The molecule has 0 radical (unpaired) electrons. The first-order valence-corrected chi connectivity index (χ1v) is 10.5. The summed E-state index contributed by atoms with van der Waals surface area (Å²) in [7, 11) is 3.24. The van der Waals surface area contributed by atoms with Gasteiger partial charge in [0.15, 0.2) is 0 Å². The van der Waals surface area contributed by atoms with Crippen molar-refractivity contribution in [2.24, 2.45) is 0 Å². The Morgan fingerprint density at radius 2 is 2.03 bits per heavy atom. The Labute approximate surface area is 182 Å². The molecule has 1 aromatic heterocycles. The van der Waals surface area contributed by atoms with Crippen LogP contribution in [0.2, 0.25) is 0 Å². The number of rotatable bonds is 6. The van der Waals surface area contributed by atoms with Gasteiger partial charge < -0.3 is 24.1 Å². The van der Waals surface area contributed by atoms with Gasteiger partial charge in [0.1, 0.15) is 11.4 Å². The first-order valence-electron chi connectivity index (χ1n) is 10.5. The number of nitrogens with zero attached hydrogens (tertiary/aromatic N) is 3.